The van der Waals surface area contributed by atoms with Crippen LogP contribution in [0.25, 0.3) is 0 Å². The molecule has 0 amide bonds. The Bertz CT molecular complexity index is 336. The summed E-state index contributed by atoms with van der Waals surface area (Å²) in [6, 6.07) is 6.54. The van der Waals surface area contributed by atoms with E-state index >= 15 is 0 Å². The van der Waals surface area contributed by atoms with Crippen molar-refractivity contribution >= 4 is 12.4 Å². The summed E-state index contributed by atoms with van der Waals surface area (Å²) >= 11 is 0. The van der Waals surface area contributed by atoms with Crippen molar-refractivity contribution in [1.29, 1.82) is 5.26 Å². The molecule has 0 aliphatic carbocycles. The molecule has 0 saturated carbocycles. The molecule has 0 saturated heterocycles. The number of rotatable bonds is 2. The first kappa shape index (κ1) is 12.8. The average molecular weight is 219 g/mol. The van der Waals surface area contributed by atoms with Crippen molar-refractivity contribution in [2.24, 2.45) is 5.73 Å². The summed E-state index contributed by atoms with van der Waals surface area (Å²) in [5, 5.41) is 8.60. The predicted octanol–water partition coefficient (Wildman–Crippen LogP) is 2.24. The van der Waals surface area contributed by atoms with Crippen molar-refractivity contribution in [3.63, 3.8) is 0 Å². The molecule has 0 fully saturated rings. The molecule has 0 spiro atoms. The molecular formula is C9H9ClF2N2. The molecule has 0 aliphatic rings. The van der Waals surface area contributed by atoms with E-state index in [4.69, 9.17) is 11.0 Å². The first-order chi connectivity index (χ1) is 6.16. The van der Waals surface area contributed by atoms with Gasteiger partial charge in [-0.25, -0.2) is 8.78 Å². The van der Waals surface area contributed by atoms with Crippen molar-refractivity contribution in [3.8, 4) is 6.07 Å². The summed E-state index contributed by atoms with van der Waals surface area (Å²) in [7, 11) is 0. The first-order valence-electron chi connectivity index (χ1n) is 3.69. The predicted molar refractivity (Wildman–Crippen MR) is 51.3 cm³/mol. The molecule has 14 heavy (non-hydrogen) atoms. The van der Waals surface area contributed by atoms with Gasteiger partial charge >= 0.3 is 0 Å². The lowest BCUT2D eigenvalue weighted by Crippen LogP contribution is -2.19. The van der Waals surface area contributed by atoms with Crippen LogP contribution >= 0.6 is 12.4 Å². The zero-order valence-corrected chi connectivity index (χ0v) is 7.97. The fraction of sp³-hybridized carbons (Fsp3) is 0.222. The lowest BCUT2D eigenvalue weighted by molar-refractivity contribution is 0.116. The lowest BCUT2D eigenvalue weighted by Gasteiger charge is -2.11. The standard InChI is InChI=1S/C9H8F2N2.ClH/c10-9(11)8(13)7-4-2-1-3-6(7)5-12;/h1-4,8-9H,13H2;1H/t8-;/m0./s1. The van der Waals surface area contributed by atoms with Crippen molar-refractivity contribution in [2.75, 3.05) is 0 Å². The SMILES string of the molecule is Cl.N#Cc1ccccc1[C@H](N)C(F)F. The Hall–Kier alpha value is -1.18. The molecule has 2 N–H and O–H groups in total. The zero-order valence-electron chi connectivity index (χ0n) is 7.15. The topological polar surface area (TPSA) is 49.8 Å². The van der Waals surface area contributed by atoms with Crippen LogP contribution in [0, 0.1) is 11.3 Å². The van der Waals surface area contributed by atoms with E-state index in [0.29, 0.717) is 0 Å². The van der Waals surface area contributed by atoms with Gasteiger partial charge in [-0.2, -0.15) is 5.26 Å². The first-order valence-corrected chi connectivity index (χ1v) is 3.69. The van der Waals surface area contributed by atoms with E-state index in [1.807, 2.05) is 6.07 Å². The number of alkyl halides is 2. The maximum absolute atomic E-state index is 12.2. The molecule has 0 unspecified atom stereocenters. The second kappa shape index (κ2) is 5.53. The highest BCUT2D eigenvalue weighted by Gasteiger charge is 2.19. The van der Waals surface area contributed by atoms with Crippen LogP contribution in [0.3, 0.4) is 0 Å². The van der Waals surface area contributed by atoms with E-state index in [-0.39, 0.29) is 23.5 Å². The van der Waals surface area contributed by atoms with Crippen molar-refractivity contribution in [2.45, 2.75) is 12.5 Å². The van der Waals surface area contributed by atoms with Gasteiger partial charge in [-0.3, -0.25) is 0 Å². The third-order valence-electron chi connectivity index (χ3n) is 1.71. The summed E-state index contributed by atoms with van der Waals surface area (Å²) in [6.45, 7) is 0. The van der Waals surface area contributed by atoms with E-state index in [1.54, 1.807) is 12.1 Å². The fourth-order valence-corrected chi connectivity index (χ4v) is 1.03. The largest absolute Gasteiger partial charge is 0.319 e. The van der Waals surface area contributed by atoms with E-state index in [1.165, 1.54) is 12.1 Å². The van der Waals surface area contributed by atoms with Gasteiger partial charge in [0.15, 0.2) is 0 Å². The van der Waals surface area contributed by atoms with Crippen LogP contribution in [0.2, 0.25) is 0 Å². The van der Waals surface area contributed by atoms with Gasteiger partial charge in [-0.05, 0) is 11.6 Å². The molecule has 0 heterocycles. The van der Waals surface area contributed by atoms with Gasteiger partial charge in [0.2, 0.25) is 0 Å². The quantitative estimate of drug-likeness (QED) is 0.828. The highest BCUT2D eigenvalue weighted by Crippen LogP contribution is 2.20. The average Bonchev–Trinajstić information content (AvgIpc) is 2.16. The van der Waals surface area contributed by atoms with Crippen LogP contribution in [0.15, 0.2) is 24.3 Å². The van der Waals surface area contributed by atoms with Crippen LogP contribution in [0.4, 0.5) is 8.78 Å². The molecule has 76 valence electrons. The summed E-state index contributed by atoms with van der Waals surface area (Å²) < 4.78 is 24.4. The molecule has 5 heteroatoms. The maximum atomic E-state index is 12.2. The minimum Gasteiger partial charge on any atom is -0.319 e. The summed E-state index contributed by atoms with van der Waals surface area (Å²) in [4.78, 5) is 0. The van der Waals surface area contributed by atoms with Gasteiger partial charge in [0.25, 0.3) is 6.43 Å². The molecular weight excluding hydrogens is 210 g/mol. The van der Waals surface area contributed by atoms with Crippen LogP contribution < -0.4 is 5.73 Å². The molecule has 1 rings (SSSR count). The Balaban J connectivity index is 0.00000169. The summed E-state index contributed by atoms with van der Waals surface area (Å²) in [5.74, 6) is 0. The van der Waals surface area contributed by atoms with E-state index in [0.717, 1.165) is 0 Å². The summed E-state index contributed by atoms with van der Waals surface area (Å²) in [5.41, 5.74) is 5.61. The number of nitrogens with zero attached hydrogens (tertiary/aromatic N) is 1. The van der Waals surface area contributed by atoms with Gasteiger partial charge in [0.1, 0.15) is 0 Å². The third kappa shape index (κ3) is 2.66. The van der Waals surface area contributed by atoms with Crippen molar-refractivity contribution in [3.05, 3.63) is 35.4 Å². The fourth-order valence-electron chi connectivity index (χ4n) is 1.03. The number of halogens is 3. The minimum atomic E-state index is -2.64. The minimum absolute atomic E-state index is 0. The molecule has 2 nitrogen and oxygen atoms in total. The second-order valence-corrected chi connectivity index (χ2v) is 2.56. The zero-order chi connectivity index (χ0) is 9.84. The summed E-state index contributed by atoms with van der Waals surface area (Å²) in [6.07, 6.45) is -2.64. The normalized spacial score (nSPS) is 11.6. The highest BCUT2D eigenvalue weighted by atomic mass is 35.5. The Morgan fingerprint density at radius 2 is 1.86 bits per heavy atom. The number of hydrogen-bond donors (Lipinski definition) is 1. The van der Waals surface area contributed by atoms with Crippen LogP contribution in [0.1, 0.15) is 17.2 Å². The molecule has 1 aromatic carbocycles. The number of benzene rings is 1. The van der Waals surface area contributed by atoms with E-state index < -0.39 is 12.5 Å². The van der Waals surface area contributed by atoms with Crippen LogP contribution in [0.5, 0.6) is 0 Å². The molecule has 0 aromatic heterocycles. The Morgan fingerprint density at radius 1 is 1.29 bits per heavy atom. The van der Waals surface area contributed by atoms with Crippen LogP contribution in [-0.2, 0) is 0 Å². The van der Waals surface area contributed by atoms with Crippen molar-refractivity contribution < 1.29 is 8.78 Å². The molecule has 1 atom stereocenters. The third-order valence-corrected chi connectivity index (χ3v) is 1.71. The maximum Gasteiger partial charge on any atom is 0.257 e. The number of hydrogen-bond acceptors (Lipinski definition) is 2. The monoisotopic (exact) mass is 218 g/mol. The van der Waals surface area contributed by atoms with Gasteiger partial charge < -0.3 is 5.73 Å². The molecule has 0 radical (unpaired) electrons. The molecule has 1 aromatic rings. The van der Waals surface area contributed by atoms with Gasteiger partial charge in [-0.15, -0.1) is 12.4 Å². The van der Waals surface area contributed by atoms with Gasteiger partial charge in [0.05, 0.1) is 17.7 Å². The number of nitriles is 1. The highest BCUT2D eigenvalue weighted by molar-refractivity contribution is 5.85. The second-order valence-electron chi connectivity index (χ2n) is 2.56. The Labute approximate surface area is 86.7 Å². The van der Waals surface area contributed by atoms with Crippen LogP contribution in [-0.4, -0.2) is 6.43 Å². The van der Waals surface area contributed by atoms with Gasteiger partial charge in [0, 0.05) is 0 Å². The lowest BCUT2D eigenvalue weighted by atomic mass is 10.0. The Kier molecular flexibility index (Phi) is 5.06. The van der Waals surface area contributed by atoms with E-state index in [2.05, 4.69) is 0 Å². The smallest absolute Gasteiger partial charge is 0.257 e. The Morgan fingerprint density at radius 3 is 2.36 bits per heavy atom. The molecule has 0 bridgehead atoms. The number of nitrogens with two attached hydrogens (primary N) is 1. The van der Waals surface area contributed by atoms with Crippen molar-refractivity contribution in [1.82, 2.24) is 0 Å². The van der Waals surface area contributed by atoms with E-state index in [9.17, 15) is 8.78 Å². The van der Waals surface area contributed by atoms with Gasteiger partial charge in [-0.1, -0.05) is 18.2 Å². The molecule has 0 aliphatic heterocycles.